The predicted molar refractivity (Wildman–Crippen MR) is 59.5 cm³/mol. The van der Waals surface area contributed by atoms with Crippen LogP contribution in [-0.2, 0) is 6.42 Å². The molecule has 2 rings (SSSR count). The van der Waals surface area contributed by atoms with Gasteiger partial charge < -0.3 is 5.11 Å². The van der Waals surface area contributed by atoms with Crippen molar-refractivity contribution < 1.29 is 5.11 Å². The third-order valence-corrected chi connectivity index (χ3v) is 2.99. The SMILES string of the molecule is OCCC1=CCCc2c(Cl)cccc21. The van der Waals surface area contributed by atoms with E-state index < -0.39 is 0 Å². The Balaban J connectivity index is 2.43. The summed E-state index contributed by atoms with van der Waals surface area (Å²) in [5.41, 5.74) is 3.69. The molecule has 14 heavy (non-hydrogen) atoms. The molecule has 1 nitrogen and oxygen atoms in total. The first-order chi connectivity index (χ1) is 6.83. The molecule has 2 heteroatoms. The van der Waals surface area contributed by atoms with Gasteiger partial charge in [0.15, 0.2) is 0 Å². The van der Waals surface area contributed by atoms with Crippen molar-refractivity contribution in [2.24, 2.45) is 0 Å². The lowest BCUT2D eigenvalue weighted by atomic mass is 9.89. The van der Waals surface area contributed by atoms with Gasteiger partial charge in [-0.1, -0.05) is 29.8 Å². The molecule has 0 saturated carbocycles. The van der Waals surface area contributed by atoms with Gasteiger partial charge in [-0.05, 0) is 42.0 Å². The highest BCUT2D eigenvalue weighted by Gasteiger charge is 2.13. The number of aliphatic hydroxyl groups is 1. The molecule has 0 heterocycles. The van der Waals surface area contributed by atoms with Gasteiger partial charge in [-0.3, -0.25) is 0 Å². The molecule has 0 aromatic heterocycles. The molecule has 0 spiro atoms. The van der Waals surface area contributed by atoms with E-state index in [-0.39, 0.29) is 6.61 Å². The van der Waals surface area contributed by atoms with E-state index in [2.05, 4.69) is 12.1 Å². The molecule has 1 aromatic rings. The molecule has 0 bridgehead atoms. The number of aliphatic hydroxyl groups excluding tert-OH is 1. The fourth-order valence-corrected chi connectivity index (χ4v) is 2.24. The molecule has 0 unspecified atom stereocenters. The van der Waals surface area contributed by atoms with Crippen LogP contribution in [0.2, 0.25) is 5.02 Å². The molecule has 74 valence electrons. The Hall–Kier alpha value is -0.790. The first kappa shape index (κ1) is 9.75. The third-order valence-electron chi connectivity index (χ3n) is 2.63. The summed E-state index contributed by atoms with van der Waals surface area (Å²) in [6, 6.07) is 5.99. The Morgan fingerprint density at radius 1 is 1.36 bits per heavy atom. The van der Waals surface area contributed by atoms with Crippen LogP contribution in [0.3, 0.4) is 0 Å². The Morgan fingerprint density at radius 3 is 3.00 bits per heavy atom. The number of hydrogen-bond acceptors (Lipinski definition) is 1. The second-order valence-corrected chi connectivity index (χ2v) is 3.91. The summed E-state index contributed by atoms with van der Waals surface area (Å²) >= 11 is 6.12. The van der Waals surface area contributed by atoms with Crippen LogP contribution in [0.4, 0.5) is 0 Å². The monoisotopic (exact) mass is 208 g/mol. The van der Waals surface area contributed by atoms with Crippen LogP contribution in [0.15, 0.2) is 24.3 Å². The van der Waals surface area contributed by atoms with Crippen LogP contribution in [0.1, 0.15) is 24.0 Å². The van der Waals surface area contributed by atoms with Gasteiger partial charge in [0.05, 0.1) is 0 Å². The van der Waals surface area contributed by atoms with Gasteiger partial charge in [0.1, 0.15) is 0 Å². The van der Waals surface area contributed by atoms with E-state index in [1.54, 1.807) is 0 Å². The van der Waals surface area contributed by atoms with Crippen molar-refractivity contribution in [3.63, 3.8) is 0 Å². The number of allylic oxidation sites excluding steroid dienone is 1. The van der Waals surface area contributed by atoms with Crippen LogP contribution in [0.5, 0.6) is 0 Å². The summed E-state index contributed by atoms with van der Waals surface area (Å²) in [5.74, 6) is 0. The first-order valence-corrected chi connectivity index (χ1v) is 5.28. The summed E-state index contributed by atoms with van der Waals surface area (Å²) in [6.07, 6.45) is 4.98. The van der Waals surface area contributed by atoms with Crippen molar-refractivity contribution in [3.05, 3.63) is 40.4 Å². The lowest BCUT2D eigenvalue weighted by molar-refractivity contribution is 0.305. The average molecular weight is 209 g/mol. The molecular formula is C12H13ClO. The fraction of sp³-hybridized carbons (Fsp3) is 0.333. The van der Waals surface area contributed by atoms with E-state index in [1.165, 1.54) is 16.7 Å². The van der Waals surface area contributed by atoms with Gasteiger partial charge in [0.25, 0.3) is 0 Å². The first-order valence-electron chi connectivity index (χ1n) is 4.90. The van der Waals surface area contributed by atoms with Crippen molar-refractivity contribution in [1.82, 2.24) is 0 Å². The second-order valence-electron chi connectivity index (χ2n) is 3.51. The van der Waals surface area contributed by atoms with Crippen LogP contribution in [0, 0.1) is 0 Å². The van der Waals surface area contributed by atoms with Crippen molar-refractivity contribution in [1.29, 1.82) is 0 Å². The molecule has 0 atom stereocenters. The van der Waals surface area contributed by atoms with E-state index in [0.717, 1.165) is 24.3 Å². The van der Waals surface area contributed by atoms with E-state index in [1.807, 2.05) is 12.1 Å². The maximum absolute atomic E-state index is 8.94. The summed E-state index contributed by atoms with van der Waals surface area (Å²) in [6.45, 7) is 0.206. The Labute approximate surface area is 89.0 Å². The lowest BCUT2D eigenvalue weighted by Gasteiger charge is -2.18. The lowest BCUT2D eigenvalue weighted by Crippen LogP contribution is -2.01. The van der Waals surface area contributed by atoms with Crippen LogP contribution >= 0.6 is 11.6 Å². The van der Waals surface area contributed by atoms with E-state index >= 15 is 0 Å². The summed E-state index contributed by atoms with van der Waals surface area (Å²) in [7, 11) is 0. The Morgan fingerprint density at radius 2 is 2.21 bits per heavy atom. The highest BCUT2D eigenvalue weighted by Crippen LogP contribution is 2.32. The minimum atomic E-state index is 0.206. The number of fused-ring (bicyclic) bond motifs is 1. The van der Waals surface area contributed by atoms with Crippen molar-refractivity contribution >= 4 is 17.2 Å². The molecule has 0 radical (unpaired) electrons. The van der Waals surface area contributed by atoms with Crippen LogP contribution in [-0.4, -0.2) is 11.7 Å². The minimum Gasteiger partial charge on any atom is -0.396 e. The molecule has 1 aromatic carbocycles. The van der Waals surface area contributed by atoms with Crippen molar-refractivity contribution in [2.75, 3.05) is 6.61 Å². The zero-order valence-corrected chi connectivity index (χ0v) is 8.72. The molecule has 1 aliphatic rings. The van der Waals surface area contributed by atoms with E-state index in [0.29, 0.717) is 0 Å². The number of hydrogen-bond donors (Lipinski definition) is 1. The number of rotatable bonds is 2. The molecule has 0 fully saturated rings. The van der Waals surface area contributed by atoms with Crippen LogP contribution in [0.25, 0.3) is 5.57 Å². The van der Waals surface area contributed by atoms with Gasteiger partial charge in [-0.2, -0.15) is 0 Å². The van der Waals surface area contributed by atoms with Crippen molar-refractivity contribution in [3.8, 4) is 0 Å². The third kappa shape index (κ3) is 1.70. The second kappa shape index (κ2) is 4.16. The normalized spacial score (nSPS) is 14.9. The molecular weight excluding hydrogens is 196 g/mol. The smallest absolute Gasteiger partial charge is 0.0471 e. The number of halogens is 1. The van der Waals surface area contributed by atoms with E-state index in [9.17, 15) is 0 Å². The zero-order chi connectivity index (χ0) is 9.97. The number of benzene rings is 1. The molecule has 0 amide bonds. The quantitative estimate of drug-likeness (QED) is 0.792. The largest absolute Gasteiger partial charge is 0.396 e. The molecule has 0 aliphatic heterocycles. The minimum absolute atomic E-state index is 0.206. The maximum Gasteiger partial charge on any atom is 0.0471 e. The molecule has 1 aliphatic carbocycles. The Kier molecular flexibility index (Phi) is 2.90. The summed E-state index contributed by atoms with van der Waals surface area (Å²) in [4.78, 5) is 0. The van der Waals surface area contributed by atoms with Gasteiger partial charge in [0, 0.05) is 11.6 Å². The highest BCUT2D eigenvalue weighted by molar-refractivity contribution is 6.31. The molecule has 1 N–H and O–H groups in total. The maximum atomic E-state index is 8.94. The van der Waals surface area contributed by atoms with Gasteiger partial charge in [0.2, 0.25) is 0 Å². The average Bonchev–Trinajstić information content (AvgIpc) is 2.20. The standard InChI is InChI=1S/C12H13ClO/c13-12-6-2-4-10-9(7-8-14)3-1-5-11(10)12/h2-4,6,14H,1,5,7-8H2. The van der Waals surface area contributed by atoms with Gasteiger partial charge >= 0.3 is 0 Å². The topological polar surface area (TPSA) is 20.2 Å². The van der Waals surface area contributed by atoms with Crippen LogP contribution < -0.4 is 0 Å². The van der Waals surface area contributed by atoms with Gasteiger partial charge in [-0.25, -0.2) is 0 Å². The zero-order valence-electron chi connectivity index (χ0n) is 7.96. The summed E-state index contributed by atoms with van der Waals surface area (Å²) in [5, 5.41) is 9.79. The van der Waals surface area contributed by atoms with E-state index in [4.69, 9.17) is 16.7 Å². The van der Waals surface area contributed by atoms with Crippen molar-refractivity contribution in [2.45, 2.75) is 19.3 Å². The Bertz CT molecular complexity index is 369. The van der Waals surface area contributed by atoms with Gasteiger partial charge in [-0.15, -0.1) is 0 Å². The predicted octanol–water partition coefficient (Wildman–Crippen LogP) is 3.05. The highest BCUT2D eigenvalue weighted by atomic mass is 35.5. The fourth-order valence-electron chi connectivity index (χ4n) is 1.97. The summed E-state index contributed by atoms with van der Waals surface area (Å²) < 4.78 is 0. The molecule has 0 saturated heterocycles.